The fraction of sp³-hybridized carbons (Fsp3) is 0.304. The zero-order valence-electron chi connectivity index (χ0n) is 19.6. The predicted molar refractivity (Wildman–Crippen MR) is 124 cm³/mol. The van der Waals surface area contributed by atoms with Gasteiger partial charge in [0.2, 0.25) is 0 Å². The van der Waals surface area contributed by atoms with Crippen molar-refractivity contribution in [3.05, 3.63) is 48.4 Å². The standard InChI is InChI=1S/C23H24F2N6O4/c1-30-10-13(8-27-30)16-9-26-15-5-6-19(29-23(15)28-16)31(11-14(32)12-33-2)22-20(24)17(34-3)7-18(35-4)21(22)25/h5-10,14,32H,11-12H2,1-4H3. The van der Waals surface area contributed by atoms with Crippen LogP contribution in [-0.2, 0) is 11.8 Å². The number of hydrogen-bond donors (Lipinski definition) is 1. The van der Waals surface area contributed by atoms with Gasteiger partial charge in [-0.3, -0.25) is 9.67 Å². The SMILES string of the molecule is COCC(O)CN(c1ccc2ncc(-c3cnn(C)c3)nc2n1)c1c(F)c(OC)cc(OC)c1F. The summed E-state index contributed by atoms with van der Waals surface area (Å²) in [5.74, 6) is -2.30. The molecule has 3 heterocycles. The number of anilines is 2. The molecule has 4 rings (SSSR count). The van der Waals surface area contributed by atoms with Gasteiger partial charge in [-0.05, 0) is 12.1 Å². The number of aromatic nitrogens is 5. The smallest absolute Gasteiger partial charge is 0.191 e. The van der Waals surface area contributed by atoms with Crippen LogP contribution in [0.25, 0.3) is 22.4 Å². The van der Waals surface area contributed by atoms with Crippen molar-refractivity contribution in [1.82, 2.24) is 24.7 Å². The van der Waals surface area contributed by atoms with E-state index < -0.39 is 23.4 Å². The fourth-order valence-corrected chi connectivity index (χ4v) is 3.60. The Hall–Kier alpha value is -3.90. The van der Waals surface area contributed by atoms with Crippen LogP contribution >= 0.6 is 0 Å². The minimum Gasteiger partial charge on any atom is -0.493 e. The Balaban J connectivity index is 1.88. The van der Waals surface area contributed by atoms with Crippen LogP contribution in [0.3, 0.4) is 0 Å². The molecule has 1 N–H and O–H groups in total. The van der Waals surface area contributed by atoms with Gasteiger partial charge in [-0.25, -0.2) is 18.7 Å². The van der Waals surface area contributed by atoms with E-state index in [4.69, 9.17) is 14.2 Å². The number of nitrogens with zero attached hydrogens (tertiary/aromatic N) is 6. The lowest BCUT2D eigenvalue weighted by Gasteiger charge is -2.28. The van der Waals surface area contributed by atoms with Gasteiger partial charge in [0.05, 0.1) is 51.6 Å². The highest BCUT2D eigenvalue weighted by Gasteiger charge is 2.28. The van der Waals surface area contributed by atoms with Crippen molar-refractivity contribution in [2.45, 2.75) is 6.10 Å². The number of aryl methyl sites for hydroxylation is 1. The molecule has 10 nitrogen and oxygen atoms in total. The summed E-state index contributed by atoms with van der Waals surface area (Å²) in [6.45, 7) is -0.314. The lowest BCUT2D eigenvalue weighted by Crippen LogP contribution is -2.33. The number of methoxy groups -OCH3 is 3. The van der Waals surface area contributed by atoms with Crippen molar-refractivity contribution in [2.75, 3.05) is 39.4 Å². The van der Waals surface area contributed by atoms with Crippen LogP contribution < -0.4 is 14.4 Å². The molecule has 0 amide bonds. The van der Waals surface area contributed by atoms with Gasteiger partial charge in [0.15, 0.2) is 28.8 Å². The second kappa shape index (κ2) is 10.2. The number of benzene rings is 1. The van der Waals surface area contributed by atoms with Gasteiger partial charge in [-0.2, -0.15) is 5.10 Å². The Morgan fingerprint density at radius 3 is 2.37 bits per heavy atom. The number of rotatable bonds is 9. The van der Waals surface area contributed by atoms with Crippen LogP contribution in [0.2, 0.25) is 0 Å². The van der Waals surface area contributed by atoms with E-state index in [1.807, 2.05) is 0 Å². The number of pyridine rings is 1. The molecular weight excluding hydrogens is 462 g/mol. The molecule has 0 aliphatic rings. The van der Waals surface area contributed by atoms with Crippen LogP contribution in [-0.4, -0.2) is 70.4 Å². The van der Waals surface area contributed by atoms with Crippen LogP contribution in [0.5, 0.6) is 11.5 Å². The van der Waals surface area contributed by atoms with E-state index in [-0.39, 0.29) is 36.1 Å². The number of halogens is 2. The third-order valence-electron chi connectivity index (χ3n) is 5.24. The highest BCUT2D eigenvalue weighted by atomic mass is 19.1. The molecule has 35 heavy (non-hydrogen) atoms. The molecule has 3 aromatic heterocycles. The summed E-state index contributed by atoms with van der Waals surface area (Å²) in [4.78, 5) is 14.6. The lowest BCUT2D eigenvalue weighted by molar-refractivity contribution is 0.0699. The molecule has 4 aromatic rings. The van der Waals surface area contributed by atoms with Crippen molar-refractivity contribution >= 4 is 22.7 Å². The predicted octanol–water partition coefficient (Wildman–Crippen LogP) is 2.87. The molecule has 0 radical (unpaired) electrons. The Labute approximate surface area is 199 Å². The van der Waals surface area contributed by atoms with E-state index in [9.17, 15) is 5.11 Å². The van der Waals surface area contributed by atoms with Gasteiger partial charge in [0.25, 0.3) is 0 Å². The van der Waals surface area contributed by atoms with Crippen LogP contribution in [0.1, 0.15) is 0 Å². The first kappa shape index (κ1) is 24.2. The monoisotopic (exact) mass is 486 g/mol. The van der Waals surface area contributed by atoms with Crippen molar-refractivity contribution in [3.8, 4) is 22.8 Å². The molecule has 0 bridgehead atoms. The first-order valence-corrected chi connectivity index (χ1v) is 10.5. The lowest BCUT2D eigenvalue weighted by atomic mass is 10.2. The fourth-order valence-electron chi connectivity index (χ4n) is 3.60. The van der Waals surface area contributed by atoms with Crippen LogP contribution in [0.15, 0.2) is 36.8 Å². The van der Waals surface area contributed by atoms with Gasteiger partial charge in [-0.1, -0.05) is 0 Å². The first-order chi connectivity index (χ1) is 16.9. The minimum atomic E-state index is -1.10. The molecule has 0 spiro atoms. The molecule has 184 valence electrons. The van der Waals surface area contributed by atoms with Crippen LogP contribution in [0.4, 0.5) is 20.3 Å². The quantitative estimate of drug-likeness (QED) is 0.382. The highest BCUT2D eigenvalue weighted by molar-refractivity contribution is 5.77. The molecule has 1 aromatic carbocycles. The van der Waals surface area contributed by atoms with Gasteiger partial charge < -0.3 is 24.2 Å². The van der Waals surface area contributed by atoms with Crippen LogP contribution in [0, 0.1) is 11.6 Å². The Bertz CT molecular complexity index is 1320. The van der Waals surface area contributed by atoms with Gasteiger partial charge >= 0.3 is 0 Å². The molecule has 1 unspecified atom stereocenters. The summed E-state index contributed by atoms with van der Waals surface area (Å²) in [6.07, 6.45) is 3.91. The third-order valence-corrected chi connectivity index (χ3v) is 5.24. The summed E-state index contributed by atoms with van der Waals surface area (Å²) in [5, 5.41) is 14.6. The van der Waals surface area contributed by atoms with Gasteiger partial charge in [0, 0.05) is 32.0 Å². The number of fused-ring (bicyclic) bond motifs is 1. The summed E-state index contributed by atoms with van der Waals surface area (Å²) in [7, 11) is 5.71. The average Bonchev–Trinajstić information content (AvgIpc) is 3.29. The second-order valence-corrected chi connectivity index (χ2v) is 7.65. The minimum absolute atomic E-state index is 0.0701. The second-order valence-electron chi connectivity index (χ2n) is 7.65. The molecular formula is C23H24F2N6O4. The number of hydrogen-bond acceptors (Lipinski definition) is 9. The van der Waals surface area contributed by atoms with Crippen molar-refractivity contribution in [2.24, 2.45) is 7.05 Å². The van der Waals surface area contributed by atoms with E-state index in [0.717, 1.165) is 11.6 Å². The van der Waals surface area contributed by atoms with E-state index in [2.05, 4.69) is 20.1 Å². The molecule has 0 aliphatic heterocycles. The van der Waals surface area contributed by atoms with E-state index in [1.54, 1.807) is 36.4 Å². The Morgan fingerprint density at radius 2 is 1.77 bits per heavy atom. The van der Waals surface area contributed by atoms with Gasteiger partial charge in [0.1, 0.15) is 17.0 Å². The first-order valence-electron chi connectivity index (χ1n) is 10.5. The highest BCUT2D eigenvalue weighted by Crippen LogP contribution is 2.40. The number of ether oxygens (including phenoxy) is 3. The molecule has 0 aliphatic carbocycles. The summed E-state index contributed by atoms with van der Waals surface area (Å²) in [6, 6.07) is 4.27. The summed E-state index contributed by atoms with van der Waals surface area (Å²) >= 11 is 0. The summed E-state index contributed by atoms with van der Waals surface area (Å²) < 4.78 is 47.5. The Morgan fingerprint density at radius 1 is 1.06 bits per heavy atom. The maximum atomic E-state index is 15.4. The van der Waals surface area contributed by atoms with Crippen molar-refractivity contribution in [3.63, 3.8) is 0 Å². The number of aliphatic hydroxyl groups is 1. The average molecular weight is 486 g/mol. The van der Waals surface area contributed by atoms with Crippen molar-refractivity contribution in [1.29, 1.82) is 0 Å². The molecule has 0 saturated carbocycles. The largest absolute Gasteiger partial charge is 0.493 e. The third kappa shape index (κ3) is 4.84. The normalized spacial score (nSPS) is 12.1. The maximum Gasteiger partial charge on any atom is 0.191 e. The molecule has 12 heteroatoms. The summed E-state index contributed by atoms with van der Waals surface area (Å²) in [5.41, 5.74) is 1.48. The zero-order valence-corrected chi connectivity index (χ0v) is 19.6. The van der Waals surface area contributed by atoms with Gasteiger partial charge in [-0.15, -0.1) is 0 Å². The van der Waals surface area contributed by atoms with Crippen molar-refractivity contribution < 1.29 is 28.1 Å². The van der Waals surface area contributed by atoms with E-state index in [0.29, 0.717) is 11.2 Å². The zero-order chi connectivity index (χ0) is 25.1. The molecule has 0 fully saturated rings. The maximum absolute atomic E-state index is 15.4. The molecule has 1 atom stereocenters. The molecule has 0 saturated heterocycles. The Kier molecular flexibility index (Phi) is 7.03. The van der Waals surface area contributed by atoms with E-state index >= 15 is 8.78 Å². The topological polar surface area (TPSA) is 108 Å². The number of aliphatic hydroxyl groups excluding tert-OH is 1. The van der Waals surface area contributed by atoms with E-state index in [1.165, 1.54) is 32.3 Å².